The third-order valence-corrected chi connectivity index (χ3v) is 6.52. The topological polar surface area (TPSA) is 103 Å². The average molecular weight is 436 g/mol. The fraction of sp³-hybridized carbons (Fsp3) is 0.421. The number of piperazine rings is 1. The van der Waals surface area contributed by atoms with Gasteiger partial charge in [0.2, 0.25) is 0 Å². The zero-order chi connectivity index (χ0) is 21.0. The van der Waals surface area contributed by atoms with Crippen LogP contribution in [0.3, 0.4) is 0 Å². The van der Waals surface area contributed by atoms with E-state index in [0.717, 1.165) is 12.8 Å². The molecule has 1 aromatic carbocycles. The molecule has 1 amide bonds. The number of fused-ring (bicyclic) bond motifs is 3. The molecule has 158 valence electrons. The van der Waals surface area contributed by atoms with Crippen molar-refractivity contribution in [3.05, 3.63) is 29.3 Å². The largest absolute Gasteiger partial charge is 0.465 e. The van der Waals surface area contributed by atoms with Gasteiger partial charge < -0.3 is 19.5 Å². The number of carboxylic acid groups (broad SMARTS) is 1. The number of oxazole rings is 1. The molecule has 3 aromatic rings. The standard InChI is InChI=1S/C19H18F2N4O4S/c20-16(21)14(26)9-5-12(17-22-3-4-30-17)15-13(6-9)23-18(29-15)24-7-10-1-2-11(8-24)25(10)19(27)28/h3-6,10-11,14,16,26H,1-2,7-8H2,(H,27,28). The molecule has 0 spiro atoms. The molecule has 2 aromatic heterocycles. The third kappa shape index (κ3) is 3.08. The monoisotopic (exact) mass is 436 g/mol. The van der Waals surface area contributed by atoms with Crippen LogP contribution in [0.5, 0.6) is 0 Å². The molecule has 2 aliphatic rings. The Labute approximate surface area is 173 Å². The summed E-state index contributed by atoms with van der Waals surface area (Å²) < 4.78 is 32.2. The molecule has 2 fully saturated rings. The van der Waals surface area contributed by atoms with Crippen molar-refractivity contribution in [1.29, 1.82) is 0 Å². The second-order valence-electron chi connectivity index (χ2n) is 7.51. The number of alkyl halides is 2. The third-order valence-electron chi connectivity index (χ3n) is 5.72. The molecule has 0 aliphatic carbocycles. The summed E-state index contributed by atoms with van der Waals surface area (Å²) in [6.45, 7) is 0.906. The number of aromatic nitrogens is 2. The highest BCUT2D eigenvalue weighted by Gasteiger charge is 2.43. The molecule has 4 heterocycles. The van der Waals surface area contributed by atoms with E-state index in [-0.39, 0.29) is 17.6 Å². The van der Waals surface area contributed by atoms with Crippen LogP contribution in [-0.2, 0) is 0 Å². The van der Waals surface area contributed by atoms with Crippen LogP contribution in [0.2, 0.25) is 0 Å². The van der Waals surface area contributed by atoms with E-state index in [4.69, 9.17) is 4.42 Å². The SMILES string of the molecule is O=C(O)N1C2CCC1CN(c1nc3cc(C(O)C(F)F)cc(-c4nccs4)c3o1)C2. The van der Waals surface area contributed by atoms with Crippen LogP contribution in [-0.4, -0.2) is 62.8 Å². The van der Waals surface area contributed by atoms with Crippen LogP contribution in [0.25, 0.3) is 21.7 Å². The summed E-state index contributed by atoms with van der Waals surface area (Å²) >= 11 is 1.33. The number of carbonyl (C=O) groups is 1. The van der Waals surface area contributed by atoms with Crippen molar-refractivity contribution in [2.45, 2.75) is 37.5 Å². The van der Waals surface area contributed by atoms with Crippen LogP contribution >= 0.6 is 11.3 Å². The fourth-order valence-electron chi connectivity index (χ4n) is 4.38. The van der Waals surface area contributed by atoms with Crippen molar-refractivity contribution in [1.82, 2.24) is 14.9 Å². The number of benzene rings is 1. The van der Waals surface area contributed by atoms with Gasteiger partial charge in [-0.2, -0.15) is 4.98 Å². The maximum atomic E-state index is 13.1. The summed E-state index contributed by atoms with van der Waals surface area (Å²) in [6, 6.07) is 2.91. The second kappa shape index (κ2) is 7.17. The lowest BCUT2D eigenvalue weighted by Gasteiger charge is -2.38. The molecule has 3 unspecified atom stereocenters. The van der Waals surface area contributed by atoms with Gasteiger partial charge in [-0.15, -0.1) is 11.3 Å². The first kappa shape index (κ1) is 19.2. The van der Waals surface area contributed by atoms with Crippen LogP contribution in [0.4, 0.5) is 19.6 Å². The summed E-state index contributed by atoms with van der Waals surface area (Å²) in [5, 5.41) is 21.7. The summed E-state index contributed by atoms with van der Waals surface area (Å²) in [5.74, 6) is 0. The predicted molar refractivity (Wildman–Crippen MR) is 105 cm³/mol. The van der Waals surface area contributed by atoms with Gasteiger partial charge in [0.05, 0.1) is 17.6 Å². The van der Waals surface area contributed by atoms with Gasteiger partial charge >= 0.3 is 6.09 Å². The Morgan fingerprint density at radius 1 is 1.27 bits per heavy atom. The van der Waals surface area contributed by atoms with E-state index in [1.807, 2.05) is 4.90 Å². The van der Waals surface area contributed by atoms with Gasteiger partial charge in [0, 0.05) is 24.7 Å². The molecule has 0 radical (unpaired) electrons. The number of aliphatic hydroxyl groups is 1. The summed E-state index contributed by atoms with van der Waals surface area (Å²) in [7, 11) is 0. The van der Waals surface area contributed by atoms with Gasteiger partial charge in [-0.25, -0.2) is 18.6 Å². The number of thiazole rings is 1. The van der Waals surface area contributed by atoms with E-state index in [2.05, 4.69) is 9.97 Å². The molecule has 11 heteroatoms. The highest BCUT2D eigenvalue weighted by Crippen LogP contribution is 2.38. The Hall–Kier alpha value is -2.79. The summed E-state index contributed by atoms with van der Waals surface area (Å²) in [6.07, 6.45) is -2.63. The van der Waals surface area contributed by atoms with E-state index >= 15 is 0 Å². The Kier molecular flexibility index (Phi) is 4.58. The Morgan fingerprint density at radius 3 is 2.60 bits per heavy atom. The van der Waals surface area contributed by atoms with Crippen molar-refractivity contribution in [3.63, 3.8) is 0 Å². The molecule has 2 aliphatic heterocycles. The highest BCUT2D eigenvalue weighted by atomic mass is 32.1. The van der Waals surface area contributed by atoms with Crippen molar-refractivity contribution in [2.24, 2.45) is 0 Å². The number of hydrogen-bond donors (Lipinski definition) is 2. The molecular formula is C19H18F2N4O4S. The lowest BCUT2D eigenvalue weighted by atomic mass is 10.0. The minimum Gasteiger partial charge on any atom is -0.465 e. The first-order valence-corrected chi connectivity index (χ1v) is 10.4. The quantitative estimate of drug-likeness (QED) is 0.644. The molecule has 5 rings (SSSR count). The number of aliphatic hydroxyl groups excluding tert-OH is 1. The first-order chi connectivity index (χ1) is 14.4. The van der Waals surface area contributed by atoms with Crippen LogP contribution in [0, 0.1) is 0 Å². The lowest BCUT2D eigenvalue weighted by Crippen LogP contribution is -2.55. The zero-order valence-corrected chi connectivity index (χ0v) is 16.4. The molecule has 8 nitrogen and oxygen atoms in total. The number of rotatable bonds is 4. The van der Waals surface area contributed by atoms with E-state index in [9.17, 15) is 23.8 Å². The Morgan fingerprint density at radius 2 is 2.00 bits per heavy atom. The van der Waals surface area contributed by atoms with Gasteiger partial charge in [-0.1, -0.05) is 0 Å². The lowest BCUT2D eigenvalue weighted by molar-refractivity contribution is -0.00569. The molecule has 0 saturated carbocycles. The molecule has 30 heavy (non-hydrogen) atoms. The smallest absolute Gasteiger partial charge is 0.407 e. The van der Waals surface area contributed by atoms with Crippen LogP contribution < -0.4 is 4.90 Å². The normalized spacial score (nSPS) is 22.3. The molecule has 2 N–H and O–H groups in total. The van der Waals surface area contributed by atoms with E-state index in [0.29, 0.717) is 40.8 Å². The number of halogens is 2. The number of hydrogen-bond acceptors (Lipinski definition) is 7. The molecule has 2 saturated heterocycles. The number of anilines is 1. The number of nitrogens with zero attached hydrogens (tertiary/aromatic N) is 4. The summed E-state index contributed by atoms with van der Waals surface area (Å²) in [4.78, 5) is 23.6. The van der Waals surface area contributed by atoms with Gasteiger partial charge in [-0.3, -0.25) is 4.90 Å². The predicted octanol–water partition coefficient (Wildman–Crippen LogP) is 3.58. The average Bonchev–Trinajstić information content (AvgIpc) is 3.44. The minimum absolute atomic E-state index is 0.0401. The fourth-order valence-corrected chi connectivity index (χ4v) is 5.03. The van der Waals surface area contributed by atoms with Crippen LogP contribution in [0.15, 0.2) is 28.1 Å². The van der Waals surface area contributed by atoms with Gasteiger partial charge in [0.1, 0.15) is 16.6 Å². The maximum Gasteiger partial charge on any atom is 0.407 e. The molecule has 2 bridgehead atoms. The maximum absolute atomic E-state index is 13.1. The van der Waals surface area contributed by atoms with Gasteiger partial charge in [0.25, 0.3) is 12.4 Å². The second-order valence-corrected chi connectivity index (χ2v) is 8.40. The van der Waals surface area contributed by atoms with Crippen molar-refractivity contribution < 1.29 is 28.2 Å². The molecule has 3 atom stereocenters. The van der Waals surface area contributed by atoms with Gasteiger partial charge in [0.15, 0.2) is 5.58 Å². The summed E-state index contributed by atoms with van der Waals surface area (Å²) in [5.41, 5.74) is 1.28. The number of amides is 1. The Bertz CT molecular complexity index is 1080. The van der Waals surface area contributed by atoms with Crippen molar-refractivity contribution in [2.75, 3.05) is 18.0 Å². The van der Waals surface area contributed by atoms with Gasteiger partial charge in [-0.05, 0) is 30.5 Å². The van der Waals surface area contributed by atoms with Crippen molar-refractivity contribution >= 4 is 34.5 Å². The van der Waals surface area contributed by atoms with E-state index in [1.165, 1.54) is 28.4 Å². The van der Waals surface area contributed by atoms with E-state index in [1.54, 1.807) is 11.6 Å². The zero-order valence-electron chi connectivity index (χ0n) is 15.6. The molecular weight excluding hydrogens is 418 g/mol. The van der Waals surface area contributed by atoms with E-state index < -0.39 is 18.6 Å². The van der Waals surface area contributed by atoms with Crippen molar-refractivity contribution in [3.8, 4) is 10.6 Å². The van der Waals surface area contributed by atoms with Crippen LogP contribution in [0.1, 0.15) is 24.5 Å². The highest BCUT2D eigenvalue weighted by molar-refractivity contribution is 7.13. The minimum atomic E-state index is -2.93. The Balaban J connectivity index is 1.56. The first-order valence-electron chi connectivity index (χ1n) is 9.49.